The third-order valence-corrected chi connectivity index (χ3v) is 11.7. The Kier molecular flexibility index (Phi) is 7.45. The molecule has 0 spiro atoms. The molecule has 0 radical (unpaired) electrons. The molecule has 0 bridgehead atoms. The lowest BCUT2D eigenvalue weighted by molar-refractivity contribution is 0.768. The van der Waals surface area contributed by atoms with Gasteiger partial charge in [0.15, 0.2) is 11.6 Å². The van der Waals surface area contributed by atoms with Crippen LogP contribution in [0.25, 0.3) is 77.3 Å². The molecule has 1 aromatic heterocycles. The minimum absolute atomic E-state index is 0.163. The number of hydrogen-bond donors (Lipinski definition) is 0. The van der Waals surface area contributed by atoms with Crippen molar-refractivity contribution in [3.63, 3.8) is 0 Å². The van der Waals surface area contributed by atoms with Gasteiger partial charge in [0.1, 0.15) is 0 Å². The molecule has 0 N–H and O–H groups in total. The Morgan fingerprint density at radius 2 is 0.821 bits per heavy atom. The predicted molar refractivity (Wildman–Crippen MR) is 231 cm³/mol. The highest BCUT2D eigenvalue weighted by molar-refractivity contribution is 6.28. The molecule has 1 aliphatic rings. The maximum Gasteiger partial charge on any atom is 0.226 e. The number of fused-ring (bicyclic) bond motifs is 9. The van der Waals surface area contributed by atoms with E-state index in [0.29, 0.717) is 11.6 Å². The van der Waals surface area contributed by atoms with Gasteiger partial charge in [-0.1, -0.05) is 182 Å². The Balaban J connectivity index is 1.09. The molecule has 1 aliphatic carbocycles. The summed E-state index contributed by atoms with van der Waals surface area (Å²) in [5.41, 5.74) is 10.8. The van der Waals surface area contributed by atoms with Gasteiger partial charge in [0, 0.05) is 11.1 Å². The summed E-state index contributed by atoms with van der Waals surface area (Å²) < 4.78 is 0. The minimum atomic E-state index is -0.598. The molecule has 0 aliphatic heterocycles. The van der Waals surface area contributed by atoms with Crippen molar-refractivity contribution in [1.29, 1.82) is 0 Å². The number of nitrogens with zero attached hydrogens (tertiary/aromatic N) is 3. The first-order chi connectivity index (χ1) is 27.7. The summed E-state index contributed by atoms with van der Waals surface area (Å²) in [6.45, 7) is 0. The second-order valence-corrected chi connectivity index (χ2v) is 14.8. The lowest BCUT2D eigenvalue weighted by atomic mass is 9.67. The average molecular weight is 734 g/mol. The third kappa shape index (κ3) is 4.95. The van der Waals surface area contributed by atoms with Crippen molar-refractivity contribution in [3.8, 4) is 45.0 Å². The normalized spacial score (nSPS) is 12.9. The summed E-state index contributed by atoms with van der Waals surface area (Å²) in [6, 6.07) is 69.8. The molecule has 0 saturated carbocycles. The maximum atomic E-state index is 6.56. The van der Waals surface area contributed by atoms with Crippen molar-refractivity contribution in [2.75, 3.05) is 0 Å². The molecule has 0 amide bonds. The average Bonchev–Trinajstić information content (AvgIpc) is 3.57. The number of aromatic nitrogens is 3. The van der Waals surface area contributed by atoms with Crippen LogP contribution >= 0.6 is 11.6 Å². The fourth-order valence-corrected chi connectivity index (χ4v) is 9.27. The Bertz CT molecular complexity index is 3070. The Hall–Kier alpha value is -6.94. The van der Waals surface area contributed by atoms with E-state index in [4.69, 9.17) is 16.6 Å². The molecule has 56 heavy (non-hydrogen) atoms. The van der Waals surface area contributed by atoms with E-state index in [1.54, 1.807) is 0 Å². The molecule has 10 aromatic rings. The van der Waals surface area contributed by atoms with Crippen LogP contribution in [0.4, 0.5) is 0 Å². The molecule has 11 rings (SSSR count). The lowest BCUT2D eigenvalue weighted by Crippen LogP contribution is -2.28. The summed E-state index contributed by atoms with van der Waals surface area (Å²) >= 11 is 6.56. The largest absolute Gasteiger partial charge is 0.226 e. The van der Waals surface area contributed by atoms with Crippen LogP contribution in [0.15, 0.2) is 194 Å². The first kappa shape index (κ1) is 32.5. The van der Waals surface area contributed by atoms with E-state index >= 15 is 0 Å². The highest BCUT2D eigenvalue weighted by Gasteiger charge is 2.46. The topological polar surface area (TPSA) is 38.7 Å². The molecule has 262 valence electrons. The van der Waals surface area contributed by atoms with E-state index in [0.717, 1.165) is 16.7 Å². The summed E-state index contributed by atoms with van der Waals surface area (Å²) in [5.74, 6) is 1.08. The van der Waals surface area contributed by atoms with E-state index in [9.17, 15) is 0 Å². The van der Waals surface area contributed by atoms with Crippen LogP contribution in [0.1, 0.15) is 22.3 Å². The minimum Gasteiger partial charge on any atom is -0.208 e. The van der Waals surface area contributed by atoms with Crippen LogP contribution < -0.4 is 0 Å². The van der Waals surface area contributed by atoms with Gasteiger partial charge in [0.05, 0.1) is 5.41 Å². The Morgan fingerprint density at radius 3 is 1.46 bits per heavy atom. The van der Waals surface area contributed by atoms with Crippen LogP contribution in [-0.4, -0.2) is 15.0 Å². The highest BCUT2D eigenvalue weighted by Crippen LogP contribution is 2.56. The quantitative estimate of drug-likeness (QED) is 0.165. The SMILES string of the molecule is Clc1nc(-c2ccccc2)nc(-c2cccc(C3(c4ccc(-c5ccc6c7ccccc7c7ccccc7c6c5)cc4)c4ccccc4-c4ccccc43)c2)n1. The zero-order chi connectivity index (χ0) is 37.2. The molecule has 0 saturated heterocycles. The van der Waals surface area contributed by atoms with Gasteiger partial charge in [0.25, 0.3) is 0 Å². The van der Waals surface area contributed by atoms with Gasteiger partial charge in [-0.25, -0.2) is 4.98 Å². The number of rotatable bonds is 5. The van der Waals surface area contributed by atoms with Gasteiger partial charge >= 0.3 is 0 Å². The van der Waals surface area contributed by atoms with Crippen molar-refractivity contribution >= 4 is 43.9 Å². The molecule has 3 nitrogen and oxygen atoms in total. The van der Waals surface area contributed by atoms with Crippen molar-refractivity contribution < 1.29 is 0 Å². The summed E-state index contributed by atoms with van der Waals surface area (Å²) in [5, 5.41) is 7.82. The molecule has 1 heterocycles. The Morgan fingerprint density at radius 1 is 0.321 bits per heavy atom. The number of hydrogen-bond acceptors (Lipinski definition) is 3. The van der Waals surface area contributed by atoms with E-state index in [2.05, 4.69) is 174 Å². The van der Waals surface area contributed by atoms with Gasteiger partial charge in [-0.15, -0.1) is 0 Å². The maximum absolute atomic E-state index is 6.56. The van der Waals surface area contributed by atoms with Crippen LogP contribution in [-0.2, 0) is 5.41 Å². The second kappa shape index (κ2) is 12.8. The highest BCUT2D eigenvalue weighted by atomic mass is 35.5. The molecule has 0 atom stereocenters. The number of benzene rings is 9. The Labute approximate surface area is 329 Å². The van der Waals surface area contributed by atoms with E-state index < -0.39 is 5.41 Å². The zero-order valence-electron chi connectivity index (χ0n) is 30.2. The van der Waals surface area contributed by atoms with Crippen LogP contribution in [0.3, 0.4) is 0 Å². The fraction of sp³-hybridized carbons (Fsp3) is 0.0192. The second-order valence-electron chi connectivity index (χ2n) is 14.5. The van der Waals surface area contributed by atoms with E-state index in [1.807, 2.05) is 30.3 Å². The van der Waals surface area contributed by atoms with Crippen molar-refractivity contribution in [2.24, 2.45) is 0 Å². The van der Waals surface area contributed by atoms with Gasteiger partial charge < -0.3 is 0 Å². The standard InChI is InChI=1S/C52H32ClN3/c53-51-55-49(34-13-2-1-3-14-34)54-50(56-51)36-15-12-16-38(31-36)52(47-23-10-8-21-44(47)45-22-9-11-24-48(45)52)37-28-25-33(26-29-37)35-27-30-43-41-19-5-4-17-39(41)40-18-6-7-20-42(40)46(43)32-35/h1-32H. The van der Waals surface area contributed by atoms with Gasteiger partial charge in [-0.2, -0.15) is 9.97 Å². The first-order valence-corrected chi connectivity index (χ1v) is 19.3. The molecular weight excluding hydrogens is 702 g/mol. The van der Waals surface area contributed by atoms with Gasteiger partial charge in [-0.3, -0.25) is 0 Å². The van der Waals surface area contributed by atoms with Crippen molar-refractivity contribution in [1.82, 2.24) is 15.0 Å². The predicted octanol–water partition coefficient (Wildman–Crippen LogP) is 13.3. The van der Waals surface area contributed by atoms with Crippen molar-refractivity contribution in [3.05, 3.63) is 222 Å². The molecule has 0 unspecified atom stereocenters. The van der Waals surface area contributed by atoms with Crippen LogP contribution in [0.5, 0.6) is 0 Å². The lowest BCUT2D eigenvalue weighted by Gasteiger charge is -2.34. The number of halogens is 1. The zero-order valence-corrected chi connectivity index (χ0v) is 31.0. The van der Waals surface area contributed by atoms with Gasteiger partial charge in [-0.05, 0) is 101 Å². The van der Waals surface area contributed by atoms with Crippen molar-refractivity contribution in [2.45, 2.75) is 5.41 Å². The monoisotopic (exact) mass is 733 g/mol. The summed E-state index contributed by atoms with van der Waals surface area (Å²) in [4.78, 5) is 14.0. The third-order valence-electron chi connectivity index (χ3n) is 11.5. The van der Waals surface area contributed by atoms with Crippen LogP contribution in [0, 0.1) is 0 Å². The summed E-state index contributed by atoms with van der Waals surface area (Å²) in [6.07, 6.45) is 0. The van der Waals surface area contributed by atoms with E-state index in [-0.39, 0.29) is 5.28 Å². The summed E-state index contributed by atoms with van der Waals surface area (Å²) in [7, 11) is 0. The van der Waals surface area contributed by atoms with Crippen LogP contribution in [0.2, 0.25) is 5.28 Å². The first-order valence-electron chi connectivity index (χ1n) is 18.9. The van der Waals surface area contributed by atoms with E-state index in [1.165, 1.54) is 71.3 Å². The molecule has 9 aromatic carbocycles. The smallest absolute Gasteiger partial charge is 0.208 e. The molecule has 4 heteroatoms. The molecule has 0 fully saturated rings. The molecular formula is C52H32ClN3. The van der Waals surface area contributed by atoms with Gasteiger partial charge in [0.2, 0.25) is 5.28 Å². The fourth-order valence-electron chi connectivity index (χ4n) is 9.11.